The van der Waals surface area contributed by atoms with Gasteiger partial charge in [-0.15, -0.1) is 5.10 Å². The van der Waals surface area contributed by atoms with Crippen molar-refractivity contribution in [3.8, 4) is 11.4 Å². The monoisotopic (exact) mass is 556 g/mol. The minimum absolute atomic E-state index is 0.137. The van der Waals surface area contributed by atoms with Crippen molar-refractivity contribution in [2.45, 2.75) is 62.1 Å². The number of rotatable bonds is 8. The Labute approximate surface area is 223 Å². The maximum absolute atomic E-state index is 14.3. The summed E-state index contributed by atoms with van der Waals surface area (Å²) in [5.74, 6) is 0.787. The van der Waals surface area contributed by atoms with E-state index in [0.29, 0.717) is 41.2 Å². The molecular formula is C25H26ClFN8O2S. The molecule has 2 aliphatic rings. The largest absolute Gasteiger partial charge is 0.380 e. The number of alkyl halides is 1. The van der Waals surface area contributed by atoms with E-state index < -0.39 is 15.7 Å². The summed E-state index contributed by atoms with van der Waals surface area (Å²) in [6, 6.07) is 5.42. The summed E-state index contributed by atoms with van der Waals surface area (Å²) in [5.41, 5.74) is 2.13. The third kappa shape index (κ3) is 4.95. The Bertz CT molecular complexity index is 1640. The van der Waals surface area contributed by atoms with Crippen LogP contribution < -0.4 is 10.0 Å². The average molecular weight is 557 g/mol. The number of halogens is 2. The molecule has 0 amide bonds. The zero-order chi connectivity index (χ0) is 26.7. The summed E-state index contributed by atoms with van der Waals surface area (Å²) in [5, 5.41) is 19.1. The molecule has 13 heteroatoms. The van der Waals surface area contributed by atoms with Crippen LogP contribution in [0.5, 0.6) is 0 Å². The van der Waals surface area contributed by atoms with Gasteiger partial charge in [0.05, 0.1) is 16.8 Å². The molecule has 3 aromatic heterocycles. The third-order valence-electron chi connectivity index (χ3n) is 6.89. The minimum atomic E-state index is -4.02. The van der Waals surface area contributed by atoms with Crippen molar-refractivity contribution in [2.75, 3.05) is 11.9 Å². The van der Waals surface area contributed by atoms with Crippen LogP contribution in [0.4, 0.5) is 10.1 Å². The highest BCUT2D eigenvalue weighted by Gasteiger charge is 2.34. The smallest absolute Gasteiger partial charge is 0.241 e. The number of benzene rings is 1. The van der Waals surface area contributed by atoms with E-state index in [1.54, 1.807) is 18.5 Å². The molecule has 1 atom stereocenters. The molecule has 6 rings (SSSR count). The number of fused-ring (bicyclic) bond motifs is 2. The number of hydrogen-bond donors (Lipinski definition) is 3. The van der Waals surface area contributed by atoms with E-state index in [2.05, 4.69) is 40.6 Å². The van der Waals surface area contributed by atoms with E-state index in [9.17, 15) is 12.8 Å². The third-order valence-corrected chi connectivity index (χ3v) is 8.62. The number of nitrogens with one attached hydrogen (secondary N) is 3. The summed E-state index contributed by atoms with van der Waals surface area (Å²) in [6.45, 7) is 2.37. The van der Waals surface area contributed by atoms with Gasteiger partial charge in [-0.3, -0.25) is 4.98 Å². The first-order valence-electron chi connectivity index (χ1n) is 12.4. The first-order chi connectivity index (χ1) is 18.1. The summed E-state index contributed by atoms with van der Waals surface area (Å²) in [7, 11) is -4.02. The van der Waals surface area contributed by atoms with Crippen LogP contribution in [0.3, 0.4) is 0 Å². The van der Waals surface area contributed by atoms with Gasteiger partial charge in [-0.2, -0.15) is 0 Å². The van der Waals surface area contributed by atoms with Crippen molar-refractivity contribution in [1.29, 1.82) is 0 Å². The first kappa shape index (κ1) is 25.1. The second-order valence-corrected chi connectivity index (χ2v) is 12.6. The molecule has 0 aliphatic heterocycles. The Hall–Kier alpha value is -3.22. The van der Waals surface area contributed by atoms with Gasteiger partial charge < -0.3 is 5.32 Å². The first-order valence-corrected chi connectivity index (χ1v) is 14.2. The highest BCUT2D eigenvalue weighted by molar-refractivity contribution is 7.89. The number of hydrogen-bond acceptors (Lipinski definition) is 8. The molecule has 1 fully saturated rings. The van der Waals surface area contributed by atoms with E-state index in [-0.39, 0.29) is 22.6 Å². The highest BCUT2D eigenvalue weighted by Crippen LogP contribution is 2.42. The number of aromatic nitrogens is 6. The van der Waals surface area contributed by atoms with Crippen molar-refractivity contribution in [3.05, 3.63) is 52.6 Å². The lowest BCUT2D eigenvalue weighted by Crippen LogP contribution is -2.36. The van der Waals surface area contributed by atoms with Crippen LogP contribution in [0.1, 0.15) is 49.4 Å². The molecule has 0 saturated heterocycles. The predicted molar refractivity (Wildman–Crippen MR) is 141 cm³/mol. The molecule has 38 heavy (non-hydrogen) atoms. The van der Waals surface area contributed by atoms with E-state index in [1.807, 2.05) is 12.1 Å². The lowest BCUT2D eigenvalue weighted by Gasteiger charge is -2.19. The molecule has 2 aliphatic carbocycles. The standard InChI is InChI=1S/C25H26ClFN8O2S/c1-25(2,27)12-30-38(36,37)23-17-7-16(31-21-11-29-22(26)9-19(21)24-32-34-35-33-24)6-14(17)5-15-10-28-20(8-18(15)23)13-3-4-13/h5,8-11,13,16,30-31H,3-4,6-7,12H2,1-2H3,(H,32,33,34,35)/t16-/m1/s1. The van der Waals surface area contributed by atoms with Crippen LogP contribution in [-0.2, 0) is 22.9 Å². The Morgan fingerprint density at radius 1 is 1.16 bits per heavy atom. The fraction of sp³-hybridized carbons (Fsp3) is 0.400. The highest BCUT2D eigenvalue weighted by atomic mass is 35.5. The van der Waals surface area contributed by atoms with Gasteiger partial charge in [-0.05, 0) is 79.3 Å². The van der Waals surface area contributed by atoms with Gasteiger partial charge >= 0.3 is 0 Å². The minimum Gasteiger partial charge on any atom is -0.380 e. The van der Waals surface area contributed by atoms with Crippen LogP contribution in [0.2, 0.25) is 5.15 Å². The summed E-state index contributed by atoms with van der Waals surface area (Å²) >= 11 is 6.13. The maximum atomic E-state index is 14.3. The van der Waals surface area contributed by atoms with Gasteiger partial charge in [0.15, 0.2) is 5.82 Å². The van der Waals surface area contributed by atoms with Crippen LogP contribution >= 0.6 is 11.6 Å². The second-order valence-electron chi connectivity index (χ2n) is 10.5. The van der Waals surface area contributed by atoms with Gasteiger partial charge in [0.25, 0.3) is 0 Å². The number of pyridine rings is 2. The molecule has 1 aromatic carbocycles. The van der Waals surface area contributed by atoms with Gasteiger partial charge in [-0.25, -0.2) is 27.6 Å². The molecule has 10 nitrogen and oxygen atoms in total. The van der Waals surface area contributed by atoms with Crippen LogP contribution in [0.25, 0.3) is 22.2 Å². The fourth-order valence-corrected chi connectivity index (χ4v) is 6.79. The molecule has 0 radical (unpaired) electrons. The maximum Gasteiger partial charge on any atom is 0.241 e. The lowest BCUT2D eigenvalue weighted by atomic mass is 10.0. The Balaban J connectivity index is 1.40. The molecule has 4 aromatic rings. The van der Waals surface area contributed by atoms with Crippen LogP contribution in [-0.4, -0.2) is 57.3 Å². The Morgan fingerprint density at radius 3 is 2.68 bits per heavy atom. The molecule has 0 bridgehead atoms. The van der Waals surface area contributed by atoms with Gasteiger partial charge in [0.1, 0.15) is 10.8 Å². The topological polar surface area (TPSA) is 138 Å². The normalized spacial score (nSPS) is 17.6. The number of anilines is 1. The number of nitrogens with zero attached hydrogens (tertiary/aromatic N) is 5. The van der Waals surface area contributed by atoms with Crippen molar-refractivity contribution in [3.63, 3.8) is 0 Å². The zero-order valence-electron chi connectivity index (χ0n) is 20.8. The quantitative estimate of drug-likeness (QED) is 0.277. The van der Waals surface area contributed by atoms with Crippen molar-refractivity contribution < 1.29 is 12.8 Å². The fourth-order valence-electron chi connectivity index (χ4n) is 4.95. The Kier molecular flexibility index (Phi) is 6.08. The number of aromatic amines is 1. The summed E-state index contributed by atoms with van der Waals surface area (Å²) < 4.78 is 44.2. The molecular weight excluding hydrogens is 531 g/mol. The van der Waals surface area contributed by atoms with Crippen LogP contribution in [0, 0.1) is 0 Å². The van der Waals surface area contributed by atoms with Crippen molar-refractivity contribution in [1.82, 2.24) is 35.3 Å². The van der Waals surface area contributed by atoms with Crippen LogP contribution in [0.15, 0.2) is 35.5 Å². The van der Waals surface area contributed by atoms with Gasteiger partial charge in [0, 0.05) is 46.7 Å². The number of tetrazole rings is 1. The lowest BCUT2D eigenvalue weighted by molar-refractivity contribution is 0.221. The predicted octanol–water partition coefficient (Wildman–Crippen LogP) is 3.95. The van der Waals surface area contributed by atoms with Gasteiger partial charge in [0.2, 0.25) is 10.0 Å². The zero-order valence-corrected chi connectivity index (χ0v) is 22.4. The van der Waals surface area contributed by atoms with E-state index in [1.165, 1.54) is 13.8 Å². The number of H-pyrrole nitrogens is 1. The SMILES string of the molecule is CC(C)(F)CNS(=O)(=O)c1c2c(cc3cnc(C4CC4)cc13)C[C@@H](Nc1cnc(Cl)cc1-c1nnn[nH]1)C2. The van der Waals surface area contributed by atoms with Crippen molar-refractivity contribution in [2.24, 2.45) is 0 Å². The summed E-state index contributed by atoms with van der Waals surface area (Å²) in [4.78, 5) is 9.00. The molecule has 0 unspecified atom stereocenters. The van der Waals surface area contributed by atoms with Crippen molar-refractivity contribution >= 4 is 38.1 Å². The molecule has 3 heterocycles. The average Bonchev–Trinajstić information content (AvgIpc) is 3.41. The summed E-state index contributed by atoms with van der Waals surface area (Å²) in [6.07, 6.45) is 6.46. The van der Waals surface area contributed by atoms with E-state index in [4.69, 9.17) is 11.6 Å². The Morgan fingerprint density at radius 2 is 1.97 bits per heavy atom. The molecule has 3 N–H and O–H groups in total. The van der Waals surface area contributed by atoms with E-state index in [0.717, 1.165) is 35.0 Å². The molecule has 1 saturated carbocycles. The van der Waals surface area contributed by atoms with Gasteiger partial charge in [-0.1, -0.05) is 11.6 Å². The molecule has 198 valence electrons. The van der Waals surface area contributed by atoms with E-state index >= 15 is 0 Å². The number of sulfonamides is 1. The second kappa shape index (κ2) is 9.21. The molecule has 0 spiro atoms.